The van der Waals surface area contributed by atoms with E-state index in [4.69, 9.17) is 0 Å². The molecule has 0 aliphatic carbocycles. The fraction of sp³-hybridized carbons (Fsp3) is 0.846. The highest BCUT2D eigenvalue weighted by Crippen LogP contribution is 2.23. The van der Waals surface area contributed by atoms with E-state index in [0.717, 1.165) is 16.1 Å². The third-order valence-corrected chi connectivity index (χ3v) is 4.44. The van der Waals surface area contributed by atoms with Crippen LogP contribution in [0.3, 0.4) is 0 Å². The van der Waals surface area contributed by atoms with E-state index in [1.165, 1.54) is 38.9 Å². The number of hydrogen-bond donors (Lipinski definition) is 1. The summed E-state index contributed by atoms with van der Waals surface area (Å²) < 4.78 is 0. The molecule has 1 aromatic rings. The van der Waals surface area contributed by atoms with Crippen molar-refractivity contribution in [1.82, 2.24) is 15.1 Å². The average molecular weight is 268 g/mol. The molecule has 18 heavy (non-hydrogen) atoms. The number of rotatable bonds is 5. The van der Waals surface area contributed by atoms with Gasteiger partial charge in [-0.3, -0.25) is 0 Å². The zero-order chi connectivity index (χ0) is 13.0. The Hall–Kier alpha value is -0.680. The highest BCUT2D eigenvalue weighted by molar-refractivity contribution is 7.15. The second kappa shape index (κ2) is 6.48. The molecule has 102 valence electrons. The van der Waals surface area contributed by atoms with Crippen LogP contribution in [0.15, 0.2) is 0 Å². The van der Waals surface area contributed by atoms with Crippen molar-refractivity contribution in [3.8, 4) is 0 Å². The molecule has 1 aromatic heterocycles. The summed E-state index contributed by atoms with van der Waals surface area (Å²) in [5.41, 5.74) is 0. The SMILES string of the molecule is CCCN1CCCC(C(C)Nc2nnc(C)s2)C1. The second-order valence-electron chi connectivity index (χ2n) is 5.26. The number of nitrogens with zero attached hydrogens (tertiary/aromatic N) is 3. The first-order chi connectivity index (χ1) is 8.69. The molecule has 2 unspecified atom stereocenters. The first-order valence-electron chi connectivity index (χ1n) is 6.98. The zero-order valence-corrected chi connectivity index (χ0v) is 12.5. The van der Waals surface area contributed by atoms with E-state index in [2.05, 4.69) is 34.3 Å². The van der Waals surface area contributed by atoms with Gasteiger partial charge in [0, 0.05) is 12.6 Å². The maximum absolute atomic E-state index is 4.15. The van der Waals surface area contributed by atoms with Crippen LogP contribution in [0.4, 0.5) is 5.13 Å². The van der Waals surface area contributed by atoms with Crippen molar-refractivity contribution in [2.75, 3.05) is 25.0 Å². The molecular formula is C13H24N4S. The Balaban J connectivity index is 1.86. The summed E-state index contributed by atoms with van der Waals surface area (Å²) in [6.07, 6.45) is 3.90. The Labute approximate surface area is 114 Å². The molecule has 0 saturated carbocycles. The van der Waals surface area contributed by atoms with E-state index in [1.807, 2.05) is 6.92 Å². The highest BCUT2D eigenvalue weighted by atomic mass is 32.1. The van der Waals surface area contributed by atoms with Gasteiger partial charge in [0.05, 0.1) is 0 Å². The van der Waals surface area contributed by atoms with Gasteiger partial charge in [-0.05, 0) is 52.1 Å². The van der Waals surface area contributed by atoms with E-state index in [0.29, 0.717) is 6.04 Å². The number of hydrogen-bond acceptors (Lipinski definition) is 5. The van der Waals surface area contributed by atoms with Gasteiger partial charge in [-0.2, -0.15) is 0 Å². The standard InChI is InChI=1S/C13H24N4S/c1-4-7-17-8-5-6-12(9-17)10(2)14-13-16-15-11(3)18-13/h10,12H,4-9H2,1-3H3,(H,14,16). The van der Waals surface area contributed by atoms with Crippen LogP contribution in [0.2, 0.25) is 0 Å². The Bertz CT molecular complexity index is 364. The summed E-state index contributed by atoms with van der Waals surface area (Å²) in [6.45, 7) is 10.3. The van der Waals surface area contributed by atoms with Crippen LogP contribution in [-0.2, 0) is 0 Å². The summed E-state index contributed by atoms with van der Waals surface area (Å²) in [6, 6.07) is 0.483. The van der Waals surface area contributed by atoms with E-state index < -0.39 is 0 Å². The largest absolute Gasteiger partial charge is 0.357 e. The topological polar surface area (TPSA) is 41.0 Å². The van der Waals surface area contributed by atoms with Gasteiger partial charge in [0.1, 0.15) is 5.01 Å². The molecule has 1 aliphatic rings. The van der Waals surface area contributed by atoms with E-state index in [9.17, 15) is 0 Å². The normalized spacial score (nSPS) is 22.9. The lowest BCUT2D eigenvalue weighted by Crippen LogP contribution is -2.42. The van der Waals surface area contributed by atoms with E-state index >= 15 is 0 Å². The van der Waals surface area contributed by atoms with Gasteiger partial charge in [0.15, 0.2) is 0 Å². The van der Waals surface area contributed by atoms with Crippen molar-refractivity contribution in [2.45, 2.75) is 46.1 Å². The van der Waals surface area contributed by atoms with Gasteiger partial charge in [0.2, 0.25) is 5.13 Å². The molecule has 2 heterocycles. The summed E-state index contributed by atoms with van der Waals surface area (Å²) in [5.74, 6) is 0.731. The van der Waals surface area contributed by atoms with Crippen molar-refractivity contribution in [3.63, 3.8) is 0 Å². The smallest absolute Gasteiger partial charge is 0.205 e. The number of piperidine rings is 1. The molecule has 1 saturated heterocycles. The number of anilines is 1. The molecule has 0 bridgehead atoms. The number of likely N-dealkylation sites (tertiary alicyclic amines) is 1. The molecule has 2 atom stereocenters. The summed E-state index contributed by atoms with van der Waals surface area (Å²) in [5, 5.41) is 13.7. The van der Waals surface area contributed by atoms with E-state index in [1.54, 1.807) is 11.3 Å². The molecule has 2 rings (SSSR count). The van der Waals surface area contributed by atoms with Gasteiger partial charge < -0.3 is 10.2 Å². The molecule has 0 aromatic carbocycles. The molecule has 1 N–H and O–H groups in total. The van der Waals surface area contributed by atoms with Crippen LogP contribution in [-0.4, -0.2) is 40.8 Å². The van der Waals surface area contributed by atoms with Crippen molar-refractivity contribution < 1.29 is 0 Å². The third-order valence-electron chi connectivity index (χ3n) is 3.67. The molecule has 1 fully saturated rings. The Kier molecular flexibility index (Phi) is 4.95. The maximum Gasteiger partial charge on any atom is 0.205 e. The van der Waals surface area contributed by atoms with E-state index in [-0.39, 0.29) is 0 Å². The number of aryl methyl sites for hydroxylation is 1. The van der Waals surface area contributed by atoms with Crippen LogP contribution < -0.4 is 5.32 Å². The summed E-state index contributed by atoms with van der Waals surface area (Å²) in [4.78, 5) is 2.59. The van der Waals surface area contributed by atoms with Gasteiger partial charge >= 0.3 is 0 Å². The first-order valence-corrected chi connectivity index (χ1v) is 7.79. The quantitative estimate of drug-likeness (QED) is 0.891. The molecule has 4 nitrogen and oxygen atoms in total. The minimum atomic E-state index is 0.483. The fourth-order valence-corrected chi connectivity index (χ4v) is 3.37. The lowest BCUT2D eigenvalue weighted by Gasteiger charge is -2.35. The molecule has 0 spiro atoms. The molecule has 5 heteroatoms. The summed E-state index contributed by atoms with van der Waals surface area (Å²) in [7, 11) is 0. The third kappa shape index (κ3) is 3.65. The first kappa shape index (κ1) is 13.7. The van der Waals surface area contributed by atoms with Crippen molar-refractivity contribution >= 4 is 16.5 Å². The minimum absolute atomic E-state index is 0.483. The Morgan fingerprint density at radius 1 is 1.50 bits per heavy atom. The fourth-order valence-electron chi connectivity index (χ4n) is 2.69. The number of nitrogens with one attached hydrogen (secondary N) is 1. The van der Waals surface area contributed by atoms with Crippen LogP contribution in [0.5, 0.6) is 0 Å². The van der Waals surface area contributed by atoms with Gasteiger partial charge in [-0.25, -0.2) is 0 Å². The molecule has 0 radical (unpaired) electrons. The molecular weight excluding hydrogens is 244 g/mol. The van der Waals surface area contributed by atoms with Crippen molar-refractivity contribution in [1.29, 1.82) is 0 Å². The Morgan fingerprint density at radius 3 is 3.00 bits per heavy atom. The zero-order valence-electron chi connectivity index (χ0n) is 11.6. The molecule has 0 amide bonds. The predicted molar refractivity (Wildman–Crippen MR) is 77.2 cm³/mol. The Morgan fingerprint density at radius 2 is 2.33 bits per heavy atom. The second-order valence-corrected chi connectivity index (χ2v) is 6.44. The highest BCUT2D eigenvalue weighted by Gasteiger charge is 2.24. The average Bonchev–Trinajstić information content (AvgIpc) is 2.75. The van der Waals surface area contributed by atoms with Crippen LogP contribution in [0.1, 0.15) is 38.1 Å². The van der Waals surface area contributed by atoms with Crippen LogP contribution >= 0.6 is 11.3 Å². The van der Waals surface area contributed by atoms with Crippen molar-refractivity contribution in [2.24, 2.45) is 5.92 Å². The summed E-state index contributed by atoms with van der Waals surface area (Å²) >= 11 is 1.64. The lowest BCUT2D eigenvalue weighted by atomic mass is 9.91. The van der Waals surface area contributed by atoms with Crippen LogP contribution in [0, 0.1) is 12.8 Å². The minimum Gasteiger partial charge on any atom is -0.357 e. The van der Waals surface area contributed by atoms with Gasteiger partial charge in [-0.1, -0.05) is 18.3 Å². The monoisotopic (exact) mass is 268 g/mol. The number of aromatic nitrogens is 2. The lowest BCUT2D eigenvalue weighted by molar-refractivity contribution is 0.165. The maximum atomic E-state index is 4.15. The van der Waals surface area contributed by atoms with Crippen molar-refractivity contribution in [3.05, 3.63) is 5.01 Å². The van der Waals surface area contributed by atoms with Gasteiger partial charge in [0.25, 0.3) is 0 Å². The predicted octanol–water partition coefficient (Wildman–Crippen LogP) is 2.77. The van der Waals surface area contributed by atoms with Crippen LogP contribution in [0.25, 0.3) is 0 Å². The van der Waals surface area contributed by atoms with Gasteiger partial charge in [-0.15, -0.1) is 10.2 Å². The molecule has 1 aliphatic heterocycles.